The Bertz CT molecular complexity index is 1370. The molecule has 2 heterocycles. The lowest BCUT2D eigenvalue weighted by molar-refractivity contribution is -0.137. The van der Waals surface area contributed by atoms with Gasteiger partial charge in [-0.1, -0.05) is 42.5 Å². The van der Waals surface area contributed by atoms with Crippen LogP contribution in [0.3, 0.4) is 0 Å². The summed E-state index contributed by atoms with van der Waals surface area (Å²) < 4.78 is 50.8. The predicted molar refractivity (Wildman–Crippen MR) is 118 cm³/mol. The Morgan fingerprint density at radius 1 is 1.00 bits per heavy atom. The van der Waals surface area contributed by atoms with Crippen molar-refractivity contribution in [2.45, 2.75) is 18.6 Å². The summed E-state index contributed by atoms with van der Waals surface area (Å²) in [5, 5.41) is 11.6. The lowest BCUT2D eigenvalue weighted by Crippen LogP contribution is -2.32. The lowest BCUT2D eigenvalue weighted by Gasteiger charge is -2.27. The Morgan fingerprint density at radius 3 is 2.65 bits per heavy atom. The number of carbonyl (C=O) groups excluding carboxylic acids is 1. The van der Waals surface area contributed by atoms with Gasteiger partial charge in [0.2, 0.25) is 0 Å². The number of ether oxygens (including phenoxy) is 2. The molecule has 0 bridgehead atoms. The number of alkyl halides is 3. The molecule has 0 unspecified atom stereocenters. The molecule has 1 aliphatic heterocycles. The van der Waals surface area contributed by atoms with Gasteiger partial charge in [-0.05, 0) is 30.3 Å². The van der Waals surface area contributed by atoms with E-state index in [1.54, 1.807) is 24.3 Å². The van der Waals surface area contributed by atoms with E-state index in [0.29, 0.717) is 29.7 Å². The van der Waals surface area contributed by atoms with Crippen molar-refractivity contribution in [3.05, 3.63) is 89.5 Å². The molecule has 1 atom stereocenters. The van der Waals surface area contributed by atoms with Crippen molar-refractivity contribution in [3.8, 4) is 17.4 Å². The average molecular weight is 465 g/mol. The molecule has 172 valence electrons. The lowest BCUT2D eigenvalue weighted by atomic mass is 10.00. The number of nitrogens with zero attached hydrogens (tertiary/aromatic N) is 2. The van der Waals surface area contributed by atoms with Crippen LogP contribution >= 0.6 is 0 Å². The smallest absolute Gasteiger partial charge is 0.416 e. The maximum Gasteiger partial charge on any atom is 0.416 e. The number of para-hydroxylation sites is 1. The van der Waals surface area contributed by atoms with Gasteiger partial charge in [0.15, 0.2) is 0 Å². The monoisotopic (exact) mass is 465 g/mol. The number of amides is 1. The third kappa shape index (κ3) is 4.24. The van der Waals surface area contributed by atoms with Crippen LogP contribution in [0.1, 0.15) is 33.9 Å². The first-order valence-electron chi connectivity index (χ1n) is 10.5. The quantitative estimate of drug-likeness (QED) is 0.419. The minimum absolute atomic E-state index is 0.0898. The highest BCUT2D eigenvalue weighted by molar-refractivity contribution is 6.08. The van der Waals surface area contributed by atoms with E-state index in [-0.39, 0.29) is 23.2 Å². The molecule has 0 fully saturated rings. The van der Waals surface area contributed by atoms with Gasteiger partial charge in [0, 0.05) is 17.4 Å². The van der Waals surface area contributed by atoms with Crippen LogP contribution in [0.4, 0.5) is 13.2 Å². The van der Waals surface area contributed by atoms with E-state index in [2.05, 4.69) is 15.5 Å². The molecule has 0 saturated heterocycles. The highest BCUT2D eigenvalue weighted by atomic mass is 19.4. The van der Waals surface area contributed by atoms with Crippen molar-refractivity contribution in [2.75, 3.05) is 6.61 Å². The molecule has 3 aromatic carbocycles. The SMILES string of the molecule is O=C(N[C@H]1CCOc2ccccc21)c1c(Oc2cccc(C(F)(F)F)c2)nnc2ccccc12. The first-order valence-corrected chi connectivity index (χ1v) is 10.5. The molecule has 0 spiro atoms. The minimum Gasteiger partial charge on any atom is -0.493 e. The summed E-state index contributed by atoms with van der Waals surface area (Å²) >= 11 is 0. The molecule has 6 nitrogen and oxygen atoms in total. The number of rotatable bonds is 4. The fourth-order valence-electron chi connectivity index (χ4n) is 3.90. The second-order valence-corrected chi connectivity index (χ2v) is 7.73. The third-order valence-corrected chi connectivity index (χ3v) is 5.50. The fraction of sp³-hybridized carbons (Fsp3) is 0.160. The van der Waals surface area contributed by atoms with Crippen LogP contribution in [0.25, 0.3) is 10.9 Å². The summed E-state index contributed by atoms with van der Waals surface area (Å²) in [5.41, 5.74) is 0.515. The molecule has 0 radical (unpaired) electrons. The van der Waals surface area contributed by atoms with Crippen molar-refractivity contribution in [1.82, 2.24) is 15.5 Å². The molecule has 1 aliphatic rings. The first-order chi connectivity index (χ1) is 16.4. The topological polar surface area (TPSA) is 73.3 Å². The Morgan fingerprint density at radius 2 is 1.79 bits per heavy atom. The van der Waals surface area contributed by atoms with Crippen molar-refractivity contribution in [2.24, 2.45) is 0 Å². The number of aromatic nitrogens is 2. The third-order valence-electron chi connectivity index (χ3n) is 5.50. The van der Waals surface area contributed by atoms with Crippen LogP contribution in [0.15, 0.2) is 72.8 Å². The Labute approximate surface area is 192 Å². The summed E-state index contributed by atoms with van der Waals surface area (Å²) in [7, 11) is 0. The first kappa shape index (κ1) is 21.7. The fourth-order valence-corrected chi connectivity index (χ4v) is 3.90. The molecular weight excluding hydrogens is 447 g/mol. The van der Waals surface area contributed by atoms with Crippen molar-refractivity contribution in [3.63, 3.8) is 0 Å². The molecule has 1 N–H and O–H groups in total. The summed E-state index contributed by atoms with van der Waals surface area (Å²) in [5.74, 6) is -0.0762. The molecule has 4 aromatic rings. The number of carbonyl (C=O) groups is 1. The second-order valence-electron chi connectivity index (χ2n) is 7.73. The molecule has 1 amide bonds. The summed E-state index contributed by atoms with van der Waals surface area (Å²) in [6.07, 6.45) is -3.98. The van der Waals surface area contributed by atoms with E-state index in [9.17, 15) is 18.0 Å². The Kier molecular flexibility index (Phi) is 5.53. The maximum atomic E-state index is 13.5. The number of fused-ring (bicyclic) bond motifs is 2. The van der Waals surface area contributed by atoms with E-state index < -0.39 is 17.6 Å². The predicted octanol–water partition coefficient (Wildman–Crippen LogP) is 5.69. The zero-order valence-electron chi connectivity index (χ0n) is 17.7. The van der Waals surface area contributed by atoms with Crippen LogP contribution in [0.2, 0.25) is 0 Å². The Hall–Kier alpha value is -4.14. The van der Waals surface area contributed by atoms with Crippen LogP contribution in [0.5, 0.6) is 17.4 Å². The van der Waals surface area contributed by atoms with Gasteiger partial charge in [-0.2, -0.15) is 13.2 Å². The van der Waals surface area contributed by atoms with E-state index in [1.807, 2.05) is 24.3 Å². The number of hydrogen-bond acceptors (Lipinski definition) is 5. The molecule has 9 heteroatoms. The highest BCUT2D eigenvalue weighted by Gasteiger charge is 2.31. The van der Waals surface area contributed by atoms with Crippen molar-refractivity contribution < 1.29 is 27.4 Å². The summed E-state index contributed by atoms with van der Waals surface area (Å²) in [4.78, 5) is 13.5. The van der Waals surface area contributed by atoms with E-state index in [0.717, 1.165) is 17.7 Å². The number of benzene rings is 3. The van der Waals surface area contributed by atoms with E-state index in [4.69, 9.17) is 9.47 Å². The van der Waals surface area contributed by atoms with E-state index in [1.165, 1.54) is 12.1 Å². The van der Waals surface area contributed by atoms with Gasteiger partial charge < -0.3 is 14.8 Å². The number of hydrogen-bond donors (Lipinski definition) is 1. The van der Waals surface area contributed by atoms with Crippen LogP contribution < -0.4 is 14.8 Å². The van der Waals surface area contributed by atoms with Crippen LogP contribution in [-0.4, -0.2) is 22.7 Å². The highest BCUT2D eigenvalue weighted by Crippen LogP contribution is 2.35. The van der Waals surface area contributed by atoms with Crippen molar-refractivity contribution in [1.29, 1.82) is 0 Å². The molecular formula is C25H18F3N3O3. The van der Waals surface area contributed by atoms with Crippen LogP contribution in [0, 0.1) is 0 Å². The van der Waals surface area contributed by atoms with Crippen molar-refractivity contribution >= 4 is 16.8 Å². The van der Waals surface area contributed by atoms with Gasteiger partial charge in [0.05, 0.1) is 23.7 Å². The largest absolute Gasteiger partial charge is 0.493 e. The normalized spacial score (nSPS) is 15.3. The second kappa shape index (κ2) is 8.66. The molecule has 0 saturated carbocycles. The summed E-state index contributed by atoms with van der Waals surface area (Å²) in [6.45, 7) is 0.435. The Balaban J connectivity index is 1.53. The van der Waals surface area contributed by atoms with Gasteiger partial charge >= 0.3 is 6.18 Å². The summed E-state index contributed by atoms with van der Waals surface area (Å²) in [6, 6.07) is 18.4. The minimum atomic E-state index is -4.54. The average Bonchev–Trinajstić information content (AvgIpc) is 2.84. The molecule has 5 rings (SSSR count). The maximum absolute atomic E-state index is 13.5. The molecule has 0 aliphatic carbocycles. The zero-order valence-corrected chi connectivity index (χ0v) is 17.7. The van der Waals surface area contributed by atoms with E-state index >= 15 is 0 Å². The van der Waals surface area contributed by atoms with Gasteiger partial charge in [0.25, 0.3) is 11.8 Å². The standard InChI is InChI=1S/C25H18F3N3O3/c26-25(27,28)15-6-5-7-16(14-15)34-24-22(18-9-1-3-10-20(18)30-31-24)23(32)29-19-12-13-33-21-11-4-2-8-17(19)21/h1-11,14,19H,12-13H2,(H,29,32)/t19-/m0/s1. The van der Waals surface area contributed by atoms with Gasteiger partial charge in [-0.25, -0.2) is 0 Å². The number of nitrogens with one attached hydrogen (secondary N) is 1. The molecule has 1 aromatic heterocycles. The van der Waals surface area contributed by atoms with Gasteiger partial charge in [-0.15, -0.1) is 10.2 Å². The van der Waals surface area contributed by atoms with Gasteiger partial charge in [-0.3, -0.25) is 4.79 Å². The molecule has 34 heavy (non-hydrogen) atoms. The van der Waals surface area contributed by atoms with Gasteiger partial charge in [0.1, 0.15) is 17.1 Å². The number of halogens is 3. The zero-order chi connectivity index (χ0) is 23.7. The van der Waals surface area contributed by atoms with Crippen LogP contribution in [-0.2, 0) is 6.18 Å².